The van der Waals surface area contributed by atoms with Crippen LogP contribution in [0.3, 0.4) is 0 Å². The number of benzene rings is 2. The van der Waals surface area contributed by atoms with E-state index in [-0.39, 0.29) is 26.3 Å². The Morgan fingerprint density at radius 1 is 1.00 bits per heavy atom. The number of aromatic nitrogens is 4. The quantitative estimate of drug-likeness (QED) is 0.607. The van der Waals surface area contributed by atoms with Crippen LogP contribution in [0.15, 0.2) is 36.4 Å². The van der Waals surface area contributed by atoms with Crippen LogP contribution in [0.25, 0.3) is 11.4 Å². The smallest absolute Gasteiger partial charge is 0.306 e. The van der Waals surface area contributed by atoms with Gasteiger partial charge in [-0.15, -0.1) is 10.2 Å². The normalized spacial score (nSPS) is 10.4. The van der Waals surface area contributed by atoms with Crippen LogP contribution < -0.4 is 10.6 Å². The molecule has 0 bridgehead atoms. The Hall–Kier alpha value is -2.68. The predicted octanol–water partition coefficient (Wildman–Crippen LogP) is 3.79. The van der Waals surface area contributed by atoms with Crippen molar-refractivity contribution in [2.24, 2.45) is 0 Å². The molecule has 3 aromatic rings. The van der Waals surface area contributed by atoms with E-state index < -0.39 is 11.9 Å². The van der Waals surface area contributed by atoms with E-state index in [2.05, 4.69) is 31.3 Å². The number of carbonyl (C=O) groups excluding carboxylic acids is 2. The summed E-state index contributed by atoms with van der Waals surface area (Å²) in [7, 11) is 0. The zero-order valence-electron chi connectivity index (χ0n) is 12.8. The molecule has 0 atom stereocenters. The number of nitrogens with zero attached hydrogens (tertiary/aromatic N) is 3. The van der Waals surface area contributed by atoms with E-state index in [1.165, 1.54) is 12.1 Å². The first-order valence-corrected chi connectivity index (χ1v) is 8.19. The molecule has 26 heavy (non-hydrogen) atoms. The van der Waals surface area contributed by atoms with Crippen molar-refractivity contribution < 1.29 is 9.59 Å². The van der Waals surface area contributed by atoms with Gasteiger partial charge in [-0.2, -0.15) is 5.21 Å². The monoisotopic (exact) mass is 410 g/mol. The zero-order valence-corrected chi connectivity index (χ0v) is 15.0. The fourth-order valence-corrected chi connectivity index (χ4v) is 2.87. The van der Waals surface area contributed by atoms with Gasteiger partial charge in [-0.1, -0.05) is 40.9 Å². The molecule has 0 aliphatic rings. The van der Waals surface area contributed by atoms with E-state index in [0.29, 0.717) is 11.4 Å². The van der Waals surface area contributed by atoms with Gasteiger partial charge in [0.15, 0.2) is 0 Å². The Bertz CT molecular complexity index is 957. The Labute approximate surface area is 161 Å². The standard InChI is InChI=1S/C15H9Cl3N6O2/c16-8-2-1-3-9(17)12(8)14(25)20-15(26)19-11-5-4-7(6-10(11)18)13-21-23-24-22-13/h1-6H,(H2,19,20,25,26)(H,21,22,23,24). The topological polar surface area (TPSA) is 113 Å². The van der Waals surface area contributed by atoms with Crippen molar-refractivity contribution in [3.63, 3.8) is 0 Å². The molecule has 0 fully saturated rings. The van der Waals surface area contributed by atoms with Crippen LogP contribution in [0.2, 0.25) is 15.1 Å². The van der Waals surface area contributed by atoms with Crippen molar-refractivity contribution >= 4 is 52.4 Å². The molecule has 3 N–H and O–H groups in total. The summed E-state index contributed by atoms with van der Waals surface area (Å²) in [6.07, 6.45) is 0. The summed E-state index contributed by atoms with van der Waals surface area (Å²) in [4.78, 5) is 24.2. The molecule has 0 saturated carbocycles. The minimum Gasteiger partial charge on any atom is -0.306 e. The van der Waals surface area contributed by atoms with E-state index in [0.717, 1.165) is 0 Å². The van der Waals surface area contributed by atoms with Crippen LogP contribution in [0.4, 0.5) is 10.5 Å². The molecule has 1 heterocycles. The molecule has 0 aliphatic heterocycles. The second-order valence-corrected chi connectivity index (χ2v) is 6.16. The molecule has 11 heteroatoms. The summed E-state index contributed by atoms with van der Waals surface area (Å²) < 4.78 is 0. The second kappa shape index (κ2) is 7.69. The number of imide groups is 1. The van der Waals surface area contributed by atoms with Gasteiger partial charge in [0.05, 0.1) is 26.3 Å². The third kappa shape index (κ3) is 3.93. The van der Waals surface area contributed by atoms with E-state index in [1.807, 2.05) is 0 Å². The van der Waals surface area contributed by atoms with Crippen molar-refractivity contribution in [3.8, 4) is 11.4 Å². The van der Waals surface area contributed by atoms with Crippen LogP contribution in [-0.4, -0.2) is 32.6 Å². The SMILES string of the molecule is O=C(NC(=O)c1c(Cl)cccc1Cl)Nc1ccc(-c2nn[nH]n2)cc1Cl. The lowest BCUT2D eigenvalue weighted by Crippen LogP contribution is -2.34. The molecule has 0 spiro atoms. The molecule has 0 unspecified atom stereocenters. The molecule has 8 nitrogen and oxygen atoms in total. The minimum absolute atomic E-state index is 0.00420. The van der Waals surface area contributed by atoms with Crippen LogP contribution in [0.1, 0.15) is 10.4 Å². The summed E-state index contributed by atoms with van der Waals surface area (Å²) in [5.74, 6) is -0.385. The van der Waals surface area contributed by atoms with E-state index in [1.54, 1.807) is 24.3 Å². The van der Waals surface area contributed by atoms with Gasteiger partial charge in [-0.05, 0) is 35.5 Å². The molecule has 0 radical (unpaired) electrons. The number of halogens is 3. The van der Waals surface area contributed by atoms with Crippen LogP contribution in [0.5, 0.6) is 0 Å². The van der Waals surface area contributed by atoms with Crippen LogP contribution >= 0.6 is 34.8 Å². The average Bonchev–Trinajstić information content (AvgIpc) is 3.11. The number of H-pyrrole nitrogens is 1. The van der Waals surface area contributed by atoms with E-state index >= 15 is 0 Å². The highest BCUT2D eigenvalue weighted by Gasteiger charge is 2.18. The summed E-state index contributed by atoms with van der Waals surface area (Å²) in [6.45, 7) is 0. The van der Waals surface area contributed by atoms with Crippen molar-refractivity contribution in [3.05, 3.63) is 57.0 Å². The van der Waals surface area contributed by atoms with E-state index in [9.17, 15) is 9.59 Å². The highest BCUT2D eigenvalue weighted by molar-refractivity contribution is 6.40. The summed E-state index contributed by atoms with van der Waals surface area (Å²) in [5.41, 5.74) is 0.896. The Balaban J connectivity index is 1.71. The van der Waals surface area contributed by atoms with Gasteiger partial charge in [-0.3, -0.25) is 10.1 Å². The summed E-state index contributed by atoms with van der Waals surface area (Å²) in [6, 6.07) is 8.52. The largest absolute Gasteiger partial charge is 0.326 e. The molecule has 2 aromatic carbocycles. The molecular weight excluding hydrogens is 403 g/mol. The molecule has 3 amide bonds. The number of tetrazole rings is 1. The molecule has 0 aliphatic carbocycles. The van der Waals surface area contributed by atoms with Gasteiger partial charge in [0.1, 0.15) is 0 Å². The van der Waals surface area contributed by atoms with Crippen molar-refractivity contribution in [1.29, 1.82) is 0 Å². The van der Waals surface area contributed by atoms with Crippen LogP contribution in [0, 0.1) is 0 Å². The van der Waals surface area contributed by atoms with Crippen molar-refractivity contribution in [1.82, 2.24) is 25.9 Å². The van der Waals surface area contributed by atoms with Gasteiger partial charge in [-0.25, -0.2) is 4.79 Å². The molecule has 0 saturated heterocycles. The molecule has 3 rings (SSSR count). The number of rotatable bonds is 3. The maximum atomic E-state index is 12.2. The third-order valence-electron chi connectivity index (χ3n) is 3.24. The lowest BCUT2D eigenvalue weighted by atomic mass is 10.2. The predicted molar refractivity (Wildman–Crippen MR) is 97.6 cm³/mol. The molecule has 132 valence electrons. The summed E-state index contributed by atoms with van der Waals surface area (Å²) >= 11 is 18.0. The highest BCUT2D eigenvalue weighted by Crippen LogP contribution is 2.27. The maximum Gasteiger partial charge on any atom is 0.326 e. The number of carbonyl (C=O) groups is 2. The van der Waals surface area contributed by atoms with Gasteiger partial charge in [0, 0.05) is 5.56 Å². The van der Waals surface area contributed by atoms with Crippen molar-refractivity contribution in [2.45, 2.75) is 0 Å². The molecular formula is C15H9Cl3N6O2. The number of aromatic amines is 1. The average molecular weight is 412 g/mol. The highest BCUT2D eigenvalue weighted by atomic mass is 35.5. The molecule has 1 aromatic heterocycles. The van der Waals surface area contributed by atoms with Crippen LogP contribution in [-0.2, 0) is 0 Å². The number of hydrogen-bond donors (Lipinski definition) is 3. The van der Waals surface area contributed by atoms with Gasteiger partial charge < -0.3 is 5.32 Å². The fraction of sp³-hybridized carbons (Fsp3) is 0. The lowest BCUT2D eigenvalue weighted by Gasteiger charge is -2.10. The van der Waals surface area contributed by atoms with E-state index in [4.69, 9.17) is 34.8 Å². The van der Waals surface area contributed by atoms with Gasteiger partial charge in [0.2, 0.25) is 5.82 Å². The summed E-state index contributed by atoms with van der Waals surface area (Å²) in [5, 5.41) is 18.5. The number of amides is 3. The first kappa shape index (κ1) is 18.1. The third-order valence-corrected chi connectivity index (χ3v) is 4.18. The van der Waals surface area contributed by atoms with Crippen molar-refractivity contribution in [2.75, 3.05) is 5.32 Å². The minimum atomic E-state index is -0.791. The second-order valence-electron chi connectivity index (χ2n) is 4.93. The number of hydrogen-bond acceptors (Lipinski definition) is 5. The fourth-order valence-electron chi connectivity index (χ4n) is 2.07. The van der Waals surface area contributed by atoms with Gasteiger partial charge in [0.25, 0.3) is 5.91 Å². The Morgan fingerprint density at radius 2 is 1.73 bits per heavy atom. The lowest BCUT2D eigenvalue weighted by molar-refractivity contribution is 0.0967. The number of urea groups is 1. The first-order chi connectivity index (χ1) is 12.5. The van der Waals surface area contributed by atoms with Gasteiger partial charge >= 0.3 is 6.03 Å². The first-order valence-electron chi connectivity index (χ1n) is 7.05. The Kier molecular flexibility index (Phi) is 5.36. The maximum absolute atomic E-state index is 12.2. The number of nitrogens with one attached hydrogen (secondary N) is 3. The zero-order chi connectivity index (χ0) is 18.7. The number of anilines is 1. The Morgan fingerprint density at radius 3 is 2.35 bits per heavy atom.